The first-order chi connectivity index (χ1) is 32.8. The van der Waals surface area contributed by atoms with Gasteiger partial charge in [0.25, 0.3) is 6.71 Å². The Morgan fingerprint density at radius 3 is 1.50 bits per heavy atom. The predicted octanol–water partition coefficient (Wildman–Crippen LogP) is 15.7. The molecule has 0 amide bonds. The minimum atomic E-state index is -0.123. The van der Waals surface area contributed by atoms with Crippen molar-refractivity contribution in [2.24, 2.45) is 0 Å². The molecular formula is C65H57BN2. The summed E-state index contributed by atoms with van der Waals surface area (Å²) < 4.78 is 0. The maximum Gasteiger partial charge on any atom is 0.252 e. The average molecular weight is 877 g/mol. The van der Waals surface area contributed by atoms with Gasteiger partial charge in [0.15, 0.2) is 0 Å². The Balaban J connectivity index is 1.10. The molecule has 2 heterocycles. The van der Waals surface area contributed by atoms with Gasteiger partial charge in [0.2, 0.25) is 0 Å². The Bertz CT molecular complexity index is 3430. The van der Waals surface area contributed by atoms with Crippen LogP contribution in [-0.2, 0) is 16.2 Å². The second kappa shape index (κ2) is 15.3. The van der Waals surface area contributed by atoms with E-state index in [1.807, 2.05) is 0 Å². The van der Waals surface area contributed by atoms with Gasteiger partial charge in [-0.05, 0) is 143 Å². The van der Waals surface area contributed by atoms with Crippen molar-refractivity contribution in [3.05, 3.63) is 222 Å². The standard InChI is InChI=1S/C65H57BN2/c1-63(2,3)47-31-36-55-58(39-47)68(50-32-26-44(27-33-50)42-18-11-9-12-19-42)60-41-48(64(4,5)6)40-59-62(60)66(55)56-38-46(43-20-13-10-14-21-43)30-37-57(56)67(59)49-34-28-45(29-35-49)51-23-17-24-53-52-22-15-16-25-54(52)65(7,8)61(51)53/h9-41H,1-8H3. The van der Waals surface area contributed by atoms with Gasteiger partial charge in [0, 0.05) is 39.5 Å². The van der Waals surface area contributed by atoms with Gasteiger partial charge in [0.05, 0.1) is 0 Å². The Kier molecular flexibility index (Phi) is 9.48. The fourth-order valence-electron chi connectivity index (χ4n) is 11.6. The number of rotatable bonds is 5. The van der Waals surface area contributed by atoms with E-state index in [9.17, 15) is 0 Å². The van der Waals surface area contributed by atoms with E-state index in [1.165, 1.54) is 106 Å². The molecule has 0 saturated carbocycles. The number of benzene rings is 9. The van der Waals surface area contributed by atoms with Crippen LogP contribution in [0.3, 0.4) is 0 Å². The molecule has 1 aliphatic carbocycles. The average Bonchev–Trinajstić information content (AvgIpc) is 3.59. The summed E-state index contributed by atoms with van der Waals surface area (Å²) in [6, 6.07) is 75.6. The lowest BCUT2D eigenvalue weighted by molar-refractivity contribution is 0.590. The highest BCUT2D eigenvalue weighted by atomic mass is 15.2. The van der Waals surface area contributed by atoms with Crippen molar-refractivity contribution < 1.29 is 0 Å². The van der Waals surface area contributed by atoms with Crippen molar-refractivity contribution in [2.45, 2.75) is 71.6 Å². The number of hydrogen-bond acceptors (Lipinski definition) is 2. The van der Waals surface area contributed by atoms with Gasteiger partial charge in [-0.3, -0.25) is 0 Å². The number of fused-ring (bicyclic) bond motifs is 7. The highest BCUT2D eigenvalue weighted by molar-refractivity contribution is 7.00. The highest BCUT2D eigenvalue weighted by Crippen LogP contribution is 2.53. The molecule has 2 nitrogen and oxygen atoms in total. The summed E-state index contributed by atoms with van der Waals surface area (Å²) in [5.74, 6) is 0. The largest absolute Gasteiger partial charge is 0.311 e. The third kappa shape index (κ3) is 6.61. The molecule has 0 bridgehead atoms. The van der Waals surface area contributed by atoms with Crippen molar-refractivity contribution in [1.29, 1.82) is 0 Å². The van der Waals surface area contributed by atoms with E-state index in [-0.39, 0.29) is 23.0 Å². The van der Waals surface area contributed by atoms with Crippen LogP contribution in [0.15, 0.2) is 200 Å². The van der Waals surface area contributed by atoms with E-state index >= 15 is 0 Å². The topological polar surface area (TPSA) is 6.48 Å². The van der Waals surface area contributed by atoms with Crippen LogP contribution in [0.2, 0.25) is 0 Å². The van der Waals surface area contributed by atoms with Gasteiger partial charge in [-0.1, -0.05) is 207 Å². The van der Waals surface area contributed by atoms with E-state index in [0.717, 1.165) is 11.4 Å². The zero-order valence-corrected chi connectivity index (χ0v) is 40.5. The van der Waals surface area contributed by atoms with Crippen molar-refractivity contribution in [3.8, 4) is 44.5 Å². The van der Waals surface area contributed by atoms with Gasteiger partial charge in [-0.25, -0.2) is 0 Å². The lowest BCUT2D eigenvalue weighted by Gasteiger charge is -2.45. The van der Waals surface area contributed by atoms with Crippen LogP contribution >= 0.6 is 0 Å². The van der Waals surface area contributed by atoms with Crippen LogP contribution in [-0.4, -0.2) is 6.71 Å². The van der Waals surface area contributed by atoms with Crippen molar-refractivity contribution in [2.75, 3.05) is 9.80 Å². The molecule has 0 aromatic heterocycles. The molecule has 12 rings (SSSR count). The lowest BCUT2D eigenvalue weighted by Crippen LogP contribution is -2.61. The molecule has 9 aromatic rings. The molecule has 0 fully saturated rings. The van der Waals surface area contributed by atoms with Crippen LogP contribution in [0.1, 0.15) is 77.6 Å². The summed E-state index contributed by atoms with van der Waals surface area (Å²) in [4.78, 5) is 5.14. The predicted molar refractivity (Wildman–Crippen MR) is 292 cm³/mol. The molecule has 68 heavy (non-hydrogen) atoms. The van der Waals surface area contributed by atoms with E-state index in [0.29, 0.717) is 0 Å². The maximum atomic E-state index is 2.58. The SMILES string of the molecule is CC(C)(C)c1ccc2c(c1)N(c1ccc(-c3ccccc3)cc1)c1cc(C(C)(C)C)cc3c1B2c1cc(-c2ccccc2)ccc1N3c1ccc(-c2cccc3c2C(C)(C)c2ccccc2-3)cc1. The molecule has 330 valence electrons. The third-order valence-electron chi connectivity index (χ3n) is 15.2. The van der Waals surface area contributed by atoms with E-state index in [2.05, 4.69) is 265 Å². The van der Waals surface area contributed by atoms with Crippen molar-refractivity contribution in [1.82, 2.24) is 0 Å². The summed E-state index contributed by atoms with van der Waals surface area (Å²) >= 11 is 0. The summed E-state index contributed by atoms with van der Waals surface area (Å²) in [7, 11) is 0. The van der Waals surface area contributed by atoms with E-state index < -0.39 is 0 Å². The number of hydrogen-bond donors (Lipinski definition) is 0. The van der Waals surface area contributed by atoms with Crippen LogP contribution in [0.25, 0.3) is 44.5 Å². The normalized spacial score (nSPS) is 14.2. The zero-order valence-electron chi connectivity index (χ0n) is 40.5. The first-order valence-corrected chi connectivity index (χ1v) is 24.4. The van der Waals surface area contributed by atoms with Gasteiger partial charge in [-0.2, -0.15) is 0 Å². The summed E-state index contributed by atoms with van der Waals surface area (Å²) in [6.45, 7) is 18.8. The Morgan fingerprint density at radius 1 is 0.368 bits per heavy atom. The maximum absolute atomic E-state index is 2.58. The van der Waals surface area contributed by atoms with Gasteiger partial charge < -0.3 is 9.80 Å². The monoisotopic (exact) mass is 876 g/mol. The van der Waals surface area contributed by atoms with E-state index in [4.69, 9.17) is 0 Å². The molecule has 0 unspecified atom stereocenters. The molecule has 2 aliphatic heterocycles. The van der Waals surface area contributed by atoms with E-state index in [1.54, 1.807) is 0 Å². The first-order valence-electron chi connectivity index (χ1n) is 24.4. The lowest BCUT2D eigenvalue weighted by atomic mass is 9.33. The fourth-order valence-corrected chi connectivity index (χ4v) is 11.6. The molecule has 0 saturated heterocycles. The smallest absolute Gasteiger partial charge is 0.252 e. The molecule has 9 aromatic carbocycles. The second-order valence-corrected chi connectivity index (χ2v) is 21.8. The van der Waals surface area contributed by atoms with Gasteiger partial charge in [-0.15, -0.1) is 0 Å². The van der Waals surface area contributed by atoms with Crippen LogP contribution in [0.5, 0.6) is 0 Å². The molecule has 3 heteroatoms. The van der Waals surface area contributed by atoms with Crippen molar-refractivity contribution in [3.63, 3.8) is 0 Å². The van der Waals surface area contributed by atoms with Crippen LogP contribution in [0.4, 0.5) is 34.1 Å². The first kappa shape index (κ1) is 42.0. The third-order valence-corrected chi connectivity index (χ3v) is 15.2. The summed E-state index contributed by atoms with van der Waals surface area (Å²) in [5.41, 5.74) is 26.5. The van der Waals surface area contributed by atoms with Crippen LogP contribution < -0.4 is 26.2 Å². The summed E-state index contributed by atoms with van der Waals surface area (Å²) in [5, 5.41) is 0. The molecular weight excluding hydrogens is 820 g/mol. The molecule has 3 aliphatic rings. The molecule has 0 N–H and O–H groups in total. The molecule has 0 spiro atoms. The van der Waals surface area contributed by atoms with Crippen molar-refractivity contribution >= 4 is 57.2 Å². The minimum Gasteiger partial charge on any atom is -0.311 e. The van der Waals surface area contributed by atoms with Crippen LogP contribution in [0, 0.1) is 0 Å². The van der Waals surface area contributed by atoms with Gasteiger partial charge >= 0.3 is 0 Å². The quantitative estimate of drug-likeness (QED) is 0.159. The fraction of sp³-hybridized carbons (Fsp3) is 0.169. The highest BCUT2D eigenvalue weighted by Gasteiger charge is 2.45. The number of anilines is 6. The molecule has 0 radical (unpaired) electrons. The molecule has 0 atom stereocenters. The Labute approximate surface area is 403 Å². The Hall–Kier alpha value is -7.36. The Morgan fingerprint density at radius 2 is 0.868 bits per heavy atom. The number of nitrogens with zero attached hydrogens (tertiary/aromatic N) is 2. The van der Waals surface area contributed by atoms with Gasteiger partial charge in [0.1, 0.15) is 0 Å². The zero-order chi connectivity index (χ0) is 46.7. The minimum absolute atomic E-state index is 0.00262. The second-order valence-electron chi connectivity index (χ2n) is 21.8. The summed E-state index contributed by atoms with van der Waals surface area (Å²) in [6.07, 6.45) is 0.